The van der Waals surface area contributed by atoms with Gasteiger partial charge in [-0.15, -0.1) is 0 Å². The lowest BCUT2D eigenvalue weighted by Gasteiger charge is -2.36. The van der Waals surface area contributed by atoms with Gasteiger partial charge in [0.1, 0.15) is 5.82 Å². The third-order valence-corrected chi connectivity index (χ3v) is 5.61. The van der Waals surface area contributed by atoms with Gasteiger partial charge in [0.05, 0.1) is 5.92 Å². The van der Waals surface area contributed by atoms with E-state index in [1.54, 1.807) is 12.1 Å². The van der Waals surface area contributed by atoms with Gasteiger partial charge in [-0.2, -0.15) is 0 Å². The van der Waals surface area contributed by atoms with Crippen LogP contribution >= 0.6 is 11.6 Å². The molecule has 1 N–H and O–H groups in total. The first kappa shape index (κ1) is 20.5. The van der Waals surface area contributed by atoms with Crippen LogP contribution in [-0.4, -0.2) is 41.4 Å². The van der Waals surface area contributed by atoms with Crippen molar-refractivity contribution in [3.8, 4) is 0 Å². The van der Waals surface area contributed by atoms with Crippen LogP contribution in [0.4, 0.5) is 4.39 Å². The molecule has 2 aromatic rings. The van der Waals surface area contributed by atoms with Gasteiger partial charge in [-0.05, 0) is 73.8 Å². The standard InChI is InChI=1S/C22H23ClFNO3/c23-17-7-3-15(4-8-17)19-11-13-25(14-20(19)22(27)28)12-1-2-21(26)16-5-9-18(24)10-6-16/h3-10,19-20H,1-2,11-14H2,(H,27,28). The number of aliphatic carboxylic acids is 1. The molecule has 4 nitrogen and oxygen atoms in total. The topological polar surface area (TPSA) is 57.6 Å². The Labute approximate surface area is 168 Å². The lowest BCUT2D eigenvalue weighted by molar-refractivity contribution is -0.144. The molecule has 1 heterocycles. The molecule has 0 spiro atoms. The van der Waals surface area contributed by atoms with Crippen molar-refractivity contribution in [3.05, 3.63) is 70.5 Å². The van der Waals surface area contributed by atoms with E-state index >= 15 is 0 Å². The molecule has 2 atom stereocenters. The van der Waals surface area contributed by atoms with Crippen LogP contribution in [0.15, 0.2) is 48.5 Å². The fourth-order valence-electron chi connectivity index (χ4n) is 3.83. The molecule has 0 aromatic heterocycles. The van der Waals surface area contributed by atoms with Crippen LogP contribution in [-0.2, 0) is 4.79 Å². The second kappa shape index (κ2) is 9.30. The van der Waals surface area contributed by atoms with E-state index in [0.717, 1.165) is 18.5 Å². The van der Waals surface area contributed by atoms with Gasteiger partial charge in [0.2, 0.25) is 0 Å². The van der Waals surface area contributed by atoms with E-state index in [0.29, 0.717) is 36.5 Å². The molecule has 148 valence electrons. The number of piperidine rings is 1. The van der Waals surface area contributed by atoms with E-state index in [2.05, 4.69) is 4.90 Å². The maximum atomic E-state index is 12.9. The highest BCUT2D eigenvalue weighted by Gasteiger charge is 2.35. The van der Waals surface area contributed by atoms with Gasteiger partial charge in [0.15, 0.2) is 5.78 Å². The van der Waals surface area contributed by atoms with Gasteiger partial charge in [0, 0.05) is 23.6 Å². The van der Waals surface area contributed by atoms with Crippen molar-refractivity contribution < 1.29 is 19.1 Å². The number of carboxylic acid groups (broad SMARTS) is 1. The predicted molar refractivity (Wildman–Crippen MR) is 106 cm³/mol. The number of halogens is 2. The number of carboxylic acids is 1. The normalized spacial score (nSPS) is 20.1. The van der Waals surface area contributed by atoms with Crippen LogP contribution in [0.1, 0.15) is 41.1 Å². The Morgan fingerprint density at radius 3 is 2.43 bits per heavy atom. The molecule has 28 heavy (non-hydrogen) atoms. The molecule has 0 bridgehead atoms. The summed E-state index contributed by atoms with van der Waals surface area (Å²) in [6.45, 7) is 1.93. The molecule has 1 aliphatic heterocycles. The summed E-state index contributed by atoms with van der Waals surface area (Å²) in [7, 11) is 0. The molecule has 1 aliphatic rings. The van der Waals surface area contributed by atoms with Crippen LogP contribution in [0.3, 0.4) is 0 Å². The largest absolute Gasteiger partial charge is 0.481 e. The zero-order valence-corrected chi connectivity index (χ0v) is 16.2. The summed E-state index contributed by atoms with van der Waals surface area (Å²) in [5.41, 5.74) is 1.51. The molecule has 0 amide bonds. The van der Waals surface area contributed by atoms with Crippen molar-refractivity contribution in [2.75, 3.05) is 19.6 Å². The smallest absolute Gasteiger partial charge is 0.308 e. The van der Waals surface area contributed by atoms with E-state index in [-0.39, 0.29) is 17.5 Å². The zero-order chi connectivity index (χ0) is 20.1. The van der Waals surface area contributed by atoms with Crippen molar-refractivity contribution >= 4 is 23.4 Å². The third kappa shape index (κ3) is 5.18. The van der Waals surface area contributed by atoms with E-state index in [4.69, 9.17) is 11.6 Å². The van der Waals surface area contributed by atoms with Gasteiger partial charge < -0.3 is 10.0 Å². The van der Waals surface area contributed by atoms with Crippen molar-refractivity contribution in [2.24, 2.45) is 5.92 Å². The summed E-state index contributed by atoms with van der Waals surface area (Å²) in [6, 6.07) is 13.0. The molecule has 1 fully saturated rings. The Morgan fingerprint density at radius 1 is 1.11 bits per heavy atom. The van der Waals surface area contributed by atoms with Crippen molar-refractivity contribution in [1.82, 2.24) is 4.90 Å². The molecule has 0 aliphatic carbocycles. The Hall–Kier alpha value is -2.24. The van der Waals surface area contributed by atoms with Crippen LogP contribution in [0.2, 0.25) is 5.02 Å². The van der Waals surface area contributed by atoms with E-state index in [1.165, 1.54) is 24.3 Å². The third-order valence-electron chi connectivity index (χ3n) is 5.36. The number of carbonyl (C=O) groups is 2. The fraction of sp³-hybridized carbons (Fsp3) is 0.364. The Bertz CT molecular complexity index is 823. The van der Waals surface area contributed by atoms with Crippen molar-refractivity contribution in [3.63, 3.8) is 0 Å². The zero-order valence-electron chi connectivity index (χ0n) is 15.5. The Morgan fingerprint density at radius 2 is 1.79 bits per heavy atom. The summed E-state index contributed by atoms with van der Waals surface area (Å²) in [4.78, 5) is 26.1. The quantitative estimate of drug-likeness (QED) is 0.684. The van der Waals surface area contributed by atoms with E-state index < -0.39 is 11.9 Å². The van der Waals surface area contributed by atoms with Gasteiger partial charge in [-0.1, -0.05) is 23.7 Å². The monoisotopic (exact) mass is 403 g/mol. The number of hydrogen-bond acceptors (Lipinski definition) is 3. The molecule has 6 heteroatoms. The second-order valence-corrected chi connectivity index (χ2v) is 7.66. The first-order valence-electron chi connectivity index (χ1n) is 9.43. The minimum atomic E-state index is -0.799. The average molecular weight is 404 g/mol. The maximum Gasteiger partial charge on any atom is 0.308 e. The summed E-state index contributed by atoms with van der Waals surface area (Å²) in [6.07, 6.45) is 1.76. The highest BCUT2D eigenvalue weighted by molar-refractivity contribution is 6.30. The van der Waals surface area contributed by atoms with E-state index in [1.807, 2.05) is 12.1 Å². The van der Waals surface area contributed by atoms with Gasteiger partial charge >= 0.3 is 5.97 Å². The lowest BCUT2D eigenvalue weighted by Crippen LogP contribution is -2.43. The number of rotatable bonds is 7. The Kier molecular flexibility index (Phi) is 6.81. The summed E-state index contributed by atoms with van der Waals surface area (Å²) in [5.74, 6) is -1.70. The van der Waals surface area contributed by atoms with Gasteiger partial charge in [-0.3, -0.25) is 9.59 Å². The van der Waals surface area contributed by atoms with Gasteiger partial charge in [-0.25, -0.2) is 4.39 Å². The van der Waals surface area contributed by atoms with Crippen LogP contribution < -0.4 is 0 Å². The first-order chi connectivity index (χ1) is 13.4. The predicted octanol–water partition coefficient (Wildman–Crippen LogP) is 4.63. The molecular weight excluding hydrogens is 381 g/mol. The number of carbonyl (C=O) groups excluding carboxylic acids is 1. The maximum absolute atomic E-state index is 12.9. The summed E-state index contributed by atoms with van der Waals surface area (Å²) >= 11 is 5.94. The number of hydrogen-bond donors (Lipinski definition) is 1. The highest BCUT2D eigenvalue weighted by Crippen LogP contribution is 2.34. The van der Waals surface area contributed by atoms with E-state index in [9.17, 15) is 19.1 Å². The minimum absolute atomic E-state index is 0.0224. The second-order valence-electron chi connectivity index (χ2n) is 7.23. The minimum Gasteiger partial charge on any atom is -0.481 e. The molecule has 1 saturated heterocycles. The molecule has 0 radical (unpaired) electrons. The Balaban J connectivity index is 1.54. The SMILES string of the molecule is O=C(CCCN1CCC(c2ccc(Cl)cc2)C(C(=O)O)C1)c1ccc(F)cc1. The van der Waals surface area contributed by atoms with Gasteiger partial charge in [0.25, 0.3) is 0 Å². The number of likely N-dealkylation sites (tertiary alicyclic amines) is 1. The first-order valence-corrected chi connectivity index (χ1v) is 9.81. The lowest BCUT2D eigenvalue weighted by atomic mass is 9.80. The molecule has 0 saturated carbocycles. The molecular formula is C22H23ClFNO3. The summed E-state index contributed by atoms with van der Waals surface area (Å²) in [5, 5.41) is 10.3. The van der Waals surface area contributed by atoms with Crippen LogP contribution in [0.25, 0.3) is 0 Å². The number of Topliss-reactive ketones (excluding diaryl/α,β-unsaturated/α-hetero) is 1. The van der Waals surface area contributed by atoms with Crippen molar-refractivity contribution in [1.29, 1.82) is 0 Å². The average Bonchev–Trinajstić information content (AvgIpc) is 2.69. The van der Waals surface area contributed by atoms with Crippen LogP contribution in [0, 0.1) is 11.7 Å². The fourth-order valence-corrected chi connectivity index (χ4v) is 3.95. The van der Waals surface area contributed by atoms with Crippen LogP contribution in [0.5, 0.6) is 0 Å². The van der Waals surface area contributed by atoms with Crippen molar-refractivity contribution in [2.45, 2.75) is 25.2 Å². The number of nitrogens with zero attached hydrogens (tertiary/aromatic N) is 1. The number of benzene rings is 2. The molecule has 3 rings (SSSR count). The summed E-state index contributed by atoms with van der Waals surface area (Å²) < 4.78 is 12.9. The molecule has 2 unspecified atom stereocenters. The highest BCUT2D eigenvalue weighted by atomic mass is 35.5. The molecule has 2 aromatic carbocycles. The number of ketones is 1.